The number of aromatic nitrogens is 9. The van der Waals surface area contributed by atoms with Crippen LogP contribution in [0.5, 0.6) is 0 Å². The first-order valence-corrected chi connectivity index (χ1v) is 49.2. The molecule has 4 aromatic heterocycles. The minimum Gasteiger partial charge on any atom is -0.265 e. The fraction of sp³-hybridized carbons (Fsp3) is 0. The molecular weight excluding hydrogens is 1800 g/mol. The van der Waals surface area contributed by atoms with Gasteiger partial charge >= 0.3 is 0 Å². The second-order valence-corrected chi connectivity index (χ2v) is 36.3. The Morgan fingerprint density at radius 1 is 0.128 bits per heavy atom. The molecule has 690 valence electrons. The van der Waals surface area contributed by atoms with Gasteiger partial charge in [0, 0.05) is 56.9 Å². The highest BCUT2D eigenvalue weighted by molar-refractivity contribution is 6.25. The highest BCUT2D eigenvalue weighted by Crippen LogP contribution is 2.51. The van der Waals surface area contributed by atoms with Crippen molar-refractivity contribution < 1.29 is 0 Å². The fourth-order valence-corrected chi connectivity index (χ4v) is 20.3. The molecule has 0 N–H and O–H groups in total. The summed E-state index contributed by atoms with van der Waals surface area (Å²) in [5.41, 5.74) is 29.6. The van der Waals surface area contributed by atoms with Crippen LogP contribution in [0.2, 0.25) is 0 Å². The molecule has 26 rings (SSSR count). The third-order valence-corrected chi connectivity index (χ3v) is 27.2. The van der Waals surface area contributed by atoms with E-state index in [1.807, 2.05) is 182 Å². The van der Waals surface area contributed by atoms with Crippen molar-refractivity contribution in [3.8, 4) is 191 Å². The number of pyridine rings is 1. The van der Waals surface area contributed by atoms with Crippen LogP contribution in [0, 0.1) is 13.1 Å². The van der Waals surface area contributed by atoms with Gasteiger partial charge in [0.15, 0.2) is 52.1 Å². The van der Waals surface area contributed by atoms with E-state index in [1.54, 1.807) is 0 Å². The molecule has 0 unspecified atom stereocenters. The van der Waals surface area contributed by atoms with E-state index in [-0.39, 0.29) is 0 Å². The van der Waals surface area contributed by atoms with E-state index >= 15 is 0 Å². The summed E-state index contributed by atoms with van der Waals surface area (Å²) in [6, 6.07) is 178. The van der Waals surface area contributed by atoms with Gasteiger partial charge in [-0.2, -0.15) is 0 Å². The molecule has 4 heterocycles. The van der Waals surface area contributed by atoms with Crippen LogP contribution in [0.4, 0.5) is 11.4 Å². The van der Waals surface area contributed by atoms with Gasteiger partial charge in [0.1, 0.15) is 0 Å². The van der Waals surface area contributed by atoms with E-state index in [0.717, 1.165) is 105 Å². The van der Waals surface area contributed by atoms with Gasteiger partial charge in [-0.3, -0.25) is 4.98 Å². The van der Waals surface area contributed by atoms with E-state index in [0.29, 0.717) is 52.1 Å². The lowest BCUT2D eigenvalue weighted by molar-refractivity contribution is 1.07. The maximum absolute atomic E-state index is 7.55. The minimum absolute atomic E-state index is 0.581. The molecule has 22 aromatic carbocycles. The predicted octanol–water partition coefficient (Wildman–Crippen LogP) is 36.0. The van der Waals surface area contributed by atoms with Crippen LogP contribution in [-0.4, -0.2) is 44.9 Å². The van der Waals surface area contributed by atoms with Crippen molar-refractivity contribution in [1.82, 2.24) is 44.9 Å². The molecular formula is C137H87N11. The summed E-state index contributed by atoms with van der Waals surface area (Å²) in [5.74, 6) is 4.34. The molecule has 148 heavy (non-hydrogen) atoms. The van der Waals surface area contributed by atoms with Crippen molar-refractivity contribution in [3.63, 3.8) is 0 Å². The van der Waals surface area contributed by atoms with Crippen molar-refractivity contribution >= 4 is 76.0 Å². The lowest BCUT2D eigenvalue weighted by Crippen LogP contribution is -2.00. The summed E-state index contributed by atoms with van der Waals surface area (Å²) >= 11 is 0. The van der Waals surface area contributed by atoms with E-state index in [1.165, 1.54) is 110 Å². The van der Waals surface area contributed by atoms with Gasteiger partial charge in [-0.25, -0.2) is 49.6 Å². The molecule has 0 amide bonds. The largest absolute Gasteiger partial charge is 0.265 e. The second kappa shape index (κ2) is 40.7. The number of benzene rings is 22. The van der Waals surface area contributed by atoms with Crippen molar-refractivity contribution in [1.29, 1.82) is 0 Å². The molecule has 0 saturated carbocycles. The number of hydrogen-bond donors (Lipinski definition) is 0. The summed E-state index contributed by atoms with van der Waals surface area (Å²) in [6.07, 6.45) is 3.62. The van der Waals surface area contributed by atoms with Crippen molar-refractivity contribution in [2.24, 2.45) is 0 Å². The molecule has 0 bridgehead atoms. The van der Waals surface area contributed by atoms with Crippen LogP contribution in [0.15, 0.2) is 528 Å². The highest BCUT2D eigenvalue weighted by Gasteiger charge is 2.26. The predicted molar refractivity (Wildman–Crippen MR) is 609 cm³/mol. The van der Waals surface area contributed by atoms with Gasteiger partial charge in [0.05, 0.1) is 24.5 Å². The number of fused-ring (bicyclic) bond motifs is 9. The Bertz CT molecular complexity index is 9560. The molecule has 0 aliphatic carbocycles. The van der Waals surface area contributed by atoms with Gasteiger partial charge in [0.25, 0.3) is 0 Å². The average Bonchev–Trinajstić information content (AvgIpc) is 0.735. The Hall–Kier alpha value is -20.4. The Balaban J connectivity index is 0.000000119. The summed E-state index contributed by atoms with van der Waals surface area (Å²) in [4.78, 5) is 52.0. The van der Waals surface area contributed by atoms with Crippen molar-refractivity contribution in [3.05, 3.63) is 551 Å². The Labute approximate surface area is 857 Å². The lowest BCUT2D eigenvalue weighted by atomic mass is 9.84. The van der Waals surface area contributed by atoms with E-state index in [9.17, 15) is 0 Å². The molecule has 11 nitrogen and oxygen atoms in total. The number of nitrogens with zero attached hydrogens (tertiary/aromatic N) is 11. The van der Waals surface area contributed by atoms with Crippen LogP contribution < -0.4 is 0 Å². The second-order valence-electron chi connectivity index (χ2n) is 36.3. The lowest BCUT2D eigenvalue weighted by Gasteiger charge is -2.19. The Kier molecular flexibility index (Phi) is 24.8. The number of rotatable bonds is 17. The summed E-state index contributed by atoms with van der Waals surface area (Å²) in [5, 5.41) is 14.2. The zero-order chi connectivity index (χ0) is 99.0. The third-order valence-electron chi connectivity index (χ3n) is 27.2. The smallest absolute Gasteiger partial charge is 0.187 e. The zero-order valence-electron chi connectivity index (χ0n) is 80.1. The van der Waals surface area contributed by atoms with E-state index in [4.69, 9.17) is 53.0 Å². The summed E-state index contributed by atoms with van der Waals surface area (Å²) in [6.45, 7) is 14.9. The molecule has 0 atom stereocenters. The van der Waals surface area contributed by atoms with Gasteiger partial charge in [0.2, 0.25) is 0 Å². The van der Waals surface area contributed by atoms with Gasteiger partial charge < -0.3 is 0 Å². The van der Waals surface area contributed by atoms with Crippen LogP contribution in [0.1, 0.15) is 0 Å². The van der Waals surface area contributed by atoms with Crippen molar-refractivity contribution in [2.75, 3.05) is 0 Å². The maximum atomic E-state index is 7.55. The third kappa shape index (κ3) is 18.2. The fourth-order valence-electron chi connectivity index (χ4n) is 20.3. The Morgan fingerprint density at radius 2 is 0.358 bits per heavy atom. The summed E-state index contributed by atoms with van der Waals surface area (Å²) < 4.78 is 0. The van der Waals surface area contributed by atoms with Gasteiger partial charge in [-0.1, -0.05) is 461 Å². The van der Waals surface area contributed by atoms with Crippen LogP contribution in [0.3, 0.4) is 0 Å². The molecule has 0 spiro atoms. The zero-order valence-corrected chi connectivity index (χ0v) is 80.1. The van der Waals surface area contributed by atoms with E-state index < -0.39 is 0 Å². The van der Waals surface area contributed by atoms with E-state index in [2.05, 4.69) is 360 Å². The number of hydrogen-bond acceptors (Lipinski definition) is 9. The van der Waals surface area contributed by atoms with Gasteiger partial charge in [-0.05, 0) is 214 Å². The molecule has 26 aromatic rings. The maximum Gasteiger partial charge on any atom is 0.187 e. The standard InChI is InChI=1S/C48H30N4.C46H30N4.C43H27N3/c1-49-39-27-24-32(25-28-39)36-20-13-21-37(30-36)47-50-46(35-18-9-4-10-19-35)51-48(52-47)38-26-29-42-43(31-38)40-22-11-12-23-41(40)44(33-14-5-2-6-15-33)45(42)34-16-7-3-8-17-34;1-4-13-32(14-5-1)42-40-22-11-10-21-38(40)39-24-23-37(30-41(39)43(42)33-15-6-2-7-16-33)46-49-44(34-17-8-3-9-18-34)48-45(50-46)36-20-12-19-35(29-36)31-25-27-47-28-26-31;1-44-34-21-13-20-32(26-34)39-28-40(46-43(45-39)31-18-9-4-10-19-31)33-24-25-36-35-22-11-12-23-37(35)41(29-14-5-2-6-15-29)42(38(36)27-33)30-16-7-3-8-17-30/h2-31H;1-30H;2-28H. The molecule has 11 heteroatoms. The topological polar surface area (TPSA) is 125 Å². The SMILES string of the molecule is [C-]#[N+]c1ccc(-c2cccc(-c3nc(-c4ccccc4)nc(-c4ccc5c(-c6ccccc6)c(-c6ccccc6)c6ccccc6c5c4)n3)c2)cc1.[C-]#[N+]c1cccc(-c2cc(-c3ccc4c(c3)c(-c3ccccc3)c(-c3ccccc3)c3ccccc34)nc(-c3ccccc3)n2)c1.c1ccc(-c2nc(-c3cccc(-c4ccncc4)c3)nc(-c3ccc4c(c3)c(-c3ccccc3)c(-c3ccccc3)c3ccccc34)n2)cc1. The molecule has 0 aliphatic rings. The van der Waals surface area contributed by atoms with Crippen LogP contribution in [-0.2, 0) is 0 Å². The monoisotopic (exact) mass is 1890 g/mol. The first kappa shape index (κ1) is 90.2. The van der Waals surface area contributed by atoms with Crippen molar-refractivity contribution in [2.45, 2.75) is 0 Å². The highest BCUT2D eigenvalue weighted by atomic mass is 15.0. The normalized spacial score (nSPS) is 11.1. The minimum atomic E-state index is 0.581. The summed E-state index contributed by atoms with van der Waals surface area (Å²) in [7, 11) is 0. The van der Waals surface area contributed by atoms with Gasteiger partial charge in [-0.15, -0.1) is 0 Å². The molecule has 0 saturated heterocycles. The molecule has 0 fully saturated rings. The Morgan fingerprint density at radius 3 is 0.723 bits per heavy atom. The quantitative estimate of drug-likeness (QED) is 0.0647. The first-order chi connectivity index (χ1) is 73.3. The van der Waals surface area contributed by atoms with Crippen LogP contribution in [0.25, 0.3) is 266 Å². The molecule has 0 aliphatic heterocycles. The van der Waals surface area contributed by atoms with Crippen LogP contribution >= 0.6 is 0 Å². The molecule has 0 radical (unpaired) electrons. The average molecular weight is 1890 g/mol. The first-order valence-electron chi connectivity index (χ1n) is 49.2.